The van der Waals surface area contributed by atoms with E-state index in [1.54, 1.807) is 0 Å². The highest BCUT2D eigenvalue weighted by Gasteiger charge is 2.22. The van der Waals surface area contributed by atoms with Gasteiger partial charge in [-0.2, -0.15) is 0 Å². The Morgan fingerprint density at radius 2 is 1.96 bits per heavy atom. The van der Waals surface area contributed by atoms with Crippen molar-refractivity contribution >= 4 is 22.6 Å². The highest BCUT2D eigenvalue weighted by Crippen LogP contribution is 2.28. The Balaban J connectivity index is 1.75. The van der Waals surface area contributed by atoms with E-state index in [0.29, 0.717) is 29.2 Å². The second-order valence-electron chi connectivity index (χ2n) is 7.35. The predicted octanol–water partition coefficient (Wildman–Crippen LogP) is 4.54. The lowest BCUT2D eigenvalue weighted by Crippen LogP contribution is -2.22. The second kappa shape index (κ2) is 7.50. The standard InChI is InChI=1S/C23H25N3O2/c1-4-5-10-28-16(3)19-11-15(2)12-20-21(19)24-23(25-22(20)27)26-13-17-8-6-7-9-18(17)14-26/h6-9,11-12H,3-5,10,13-14H2,1-2H3,(H,24,25,27). The third-order valence-electron chi connectivity index (χ3n) is 5.16. The topological polar surface area (TPSA) is 58.2 Å². The van der Waals surface area contributed by atoms with Gasteiger partial charge in [0.05, 0.1) is 17.5 Å². The molecule has 144 valence electrons. The van der Waals surface area contributed by atoms with Crippen molar-refractivity contribution in [3.63, 3.8) is 0 Å². The lowest BCUT2D eigenvalue weighted by Gasteiger charge is -2.18. The van der Waals surface area contributed by atoms with E-state index in [2.05, 4.69) is 35.5 Å². The molecule has 2 aromatic carbocycles. The number of unbranched alkanes of at least 4 members (excludes halogenated alkanes) is 1. The zero-order valence-corrected chi connectivity index (χ0v) is 16.4. The summed E-state index contributed by atoms with van der Waals surface area (Å²) in [5.41, 5.74) is 4.80. The molecular weight excluding hydrogens is 350 g/mol. The lowest BCUT2D eigenvalue weighted by atomic mass is 10.1. The van der Waals surface area contributed by atoms with E-state index >= 15 is 0 Å². The van der Waals surface area contributed by atoms with Gasteiger partial charge in [0, 0.05) is 18.7 Å². The van der Waals surface area contributed by atoms with Gasteiger partial charge in [-0.1, -0.05) is 44.2 Å². The van der Waals surface area contributed by atoms with E-state index < -0.39 is 0 Å². The minimum atomic E-state index is -0.137. The molecule has 0 unspecified atom stereocenters. The lowest BCUT2D eigenvalue weighted by molar-refractivity contribution is 0.271. The van der Waals surface area contributed by atoms with Gasteiger partial charge < -0.3 is 9.64 Å². The Morgan fingerprint density at radius 1 is 1.25 bits per heavy atom. The first kappa shape index (κ1) is 18.3. The van der Waals surface area contributed by atoms with Crippen LogP contribution in [-0.2, 0) is 17.8 Å². The molecule has 5 nitrogen and oxygen atoms in total. The van der Waals surface area contributed by atoms with Crippen LogP contribution in [0, 0.1) is 6.92 Å². The number of rotatable bonds is 6. The molecule has 2 heterocycles. The number of aryl methyl sites for hydroxylation is 1. The average molecular weight is 375 g/mol. The minimum Gasteiger partial charge on any atom is -0.494 e. The van der Waals surface area contributed by atoms with E-state index in [9.17, 15) is 4.79 Å². The summed E-state index contributed by atoms with van der Waals surface area (Å²) < 4.78 is 5.83. The van der Waals surface area contributed by atoms with E-state index in [4.69, 9.17) is 9.72 Å². The second-order valence-corrected chi connectivity index (χ2v) is 7.35. The maximum absolute atomic E-state index is 12.8. The summed E-state index contributed by atoms with van der Waals surface area (Å²) >= 11 is 0. The summed E-state index contributed by atoms with van der Waals surface area (Å²) in [6.45, 7) is 10.3. The number of nitrogens with zero attached hydrogens (tertiary/aromatic N) is 2. The quantitative estimate of drug-likeness (QED) is 0.508. The molecule has 0 fully saturated rings. The number of aromatic amines is 1. The van der Waals surface area contributed by atoms with Gasteiger partial charge in [-0.05, 0) is 42.2 Å². The zero-order valence-electron chi connectivity index (χ0n) is 16.4. The van der Waals surface area contributed by atoms with E-state index in [-0.39, 0.29) is 5.56 Å². The molecule has 0 bridgehead atoms. The first-order chi connectivity index (χ1) is 13.6. The molecule has 3 aromatic rings. The number of aromatic nitrogens is 2. The molecule has 1 aliphatic rings. The molecule has 5 heteroatoms. The Kier molecular flexibility index (Phi) is 4.90. The number of fused-ring (bicyclic) bond motifs is 2. The molecule has 0 radical (unpaired) electrons. The number of hydrogen-bond donors (Lipinski definition) is 1. The van der Waals surface area contributed by atoms with Crippen LogP contribution in [0.25, 0.3) is 16.7 Å². The maximum atomic E-state index is 12.8. The number of H-pyrrole nitrogens is 1. The van der Waals surface area contributed by atoms with Gasteiger partial charge in [0.1, 0.15) is 5.76 Å². The molecule has 0 saturated heterocycles. The van der Waals surface area contributed by atoms with Crippen molar-refractivity contribution in [2.45, 2.75) is 39.8 Å². The molecule has 1 N–H and O–H groups in total. The van der Waals surface area contributed by atoms with Crippen molar-refractivity contribution in [3.05, 3.63) is 75.6 Å². The molecule has 0 saturated carbocycles. The van der Waals surface area contributed by atoms with Gasteiger partial charge in [0.25, 0.3) is 5.56 Å². The number of ether oxygens (including phenoxy) is 1. The molecule has 4 rings (SSSR count). The number of benzene rings is 2. The zero-order chi connectivity index (χ0) is 19.7. The van der Waals surface area contributed by atoms with Crippen LogP contribution in [0.5, 0.6) is 0 Å². The van der Waals surface area contributed by atoms with Crippen molar-refractivity contribution in [2.24, 2.45) is 0 Å². The highest BCUT2D eigenvalue weighted by atomic mass is 16.5. The van der Waals surface area contributed by atoms with Gasteiger partial charge in [0.15, 0.2) is 0 Å². The molecule has 0 spiro atoms. The third kappa shape index (κ3) is 3.40. The first-order valence-corrected chi connectivity index (χ1v) is 9.75. The van der Waals surface area contributed by atoms with Crippen LogP contribution in [0.15, 0.2) is 47.8 Å². The molecule has 0 aliphatic carbocycles. The number of nitrogens with one attached hydrogen (secondary N) is 1. The number of hydrogen-bond acceptors (Lipinski definition) is 4. The van der Waals surface area contributed by atoms with Crippen LogP contribution < -0.4 is 10.5 Å². The summed E-state index contributed by atoms with van der Waals surface area (Å²) in [5.74, 6) is 1.15. The van der Waals surface area contributed by atoms with Crippen LogP contribution in [0.4, 0.5) is 5.95 Å². The van der Waals surface area contributed by atoms with E-state index in [0.717, 1.165) is 37.1 Å². The van der Waals surface area contributed by atoms with Crippen molar-refractivity contribution in [2.75, 3.05) is 11.5 Å². The minimum absolute atomic E-state index is 0.137. The summed E-state index contributed by atoms with van der Waals surface area (Å²) in [7, 11) is 0. The van der Waals surface area contributed by atoms with Gasteiger partial charge >= 0.3 is 0 Å². The fraction of sp³-hybridized carbons (Fsp3) is 0.304. The van der Waals surface area contributed by atoms with Crippen molar-refractivity contribution < 1.29 is 4.74 Å². The van der Waals surface area contributed by atoms with Crippen LogP contribution in [-0.4, -0.2) is 16.6 Å². The Labute approximate surface area is 164 Å². The summed E-state index contributed by atoms with van der Waals surface area (Å²) in [5, 5.41) is 0.565. The number of anilines is 1. The van der Waals surface area contributed by atoms with Gasteiger partial charge in [0.2, 0.25) is 5.95 Å². The fourth-order valence-corrected chi connectivity index (χ4v) is 3.64. The highest BCUT2D eigenvalue weighted by molar-refractivity contribution is 5.90. The Hall–Kier alpha value is -3.08. The van der Waals surface area contributed by atoms with Crippen molar-refractivity contribution in [1.29, 1.82) is 0 Å². The molecule has 0 atom stereocenters. The van der Waals surface area contributed by atoms with Crippen LogP contribution in [0.3, 0.4) is 0 Å². The average Bonchev–Trinajstić information content (AvgIpc) is 3.12. The van der Waals surface area contributed by atoms with Crippen LogP contribution in [0.1, 0.15) is 42.0 Å². The fourth-order valence-electron chi connectivity index (χ4n) is 3.64. The SMILES string of the molecule is C=C(OCCCC)c1cc(C)cc2c(=O)[nH]c(N3Cc4ccccc4C3)nc12. The molecular formula is C23H25N3O2. The predicted molar refractivity (Wildman–Crippen MR) is 113 cm³/mol. The van der Waals surface area contributed by atoms with Gasteiger partial charge in [-0.3, -0.25) is 9.78 Å². The Bertz CT molecular complexity index is 1080. The van der Waals surface area contributed by atoms with Crippen molar-refractivity contribution in [3.8, 4) is 0 Å². The monoisotopic (exact) mass is 375 g/mol. The third-order valence-corrected chi connectivity index (χ3v) is 5.16. The molecule has 0 amide bonds. The van der Waals surface area contributed by atoms with Gasteiger partial charge in [-0.25, -0.2) is 4.98 Å². The molecule has 28 heavy (non-hydrogen) atoms. The molecule has 1 aromatic heterocycles. The first-order valence-electron chi connectivity index (χ1n) is 9.75. The summed E-state index contributed by atoms with van der Waals surface area (Å²) in [4.78, 5) is 22.7. The normalized spacial score (nSPS) is 13.0. The Morgan fingerprint density at radius 3 is 2.64 bits per heavy atom. The van der Waals surface area contributed by atoms with Gasteiger partial charge in [-0.15, -0.1) is 0 Å². The van der Waals surface area contributed by atoms with E-state index in [1.165, 1.54) is 11.1 Å². The largest absolute Gasteiger partial charge is 0.494 e. The smallest absolute Gasteiger partial charge is 0.260 e. The molecule has 1 aliphatic heterocycles. The maximum Gasteiger partial charge on any atom is 0.260 e. The van der Waals surface area contributed by atoms with Crippen LogP contribution in [0.2, 0.25) is 0 Å². The summed E-state index contributed by atoms with van der Waals surface area (Å²) in [6.07, 6.45) is 2.02. The van der Waals surface area contributed by atoms with Crippen molar-refractivity contribution in [1.82, 2.24) is 9.97 Å². The van der Waals surface area contributed by atoms with E-state index in [1.807, 2.05) is 31.2 Å². The summed E-state index contributed by atoms with van der Waals surface area (Å²) in [6, 6.07) is 12.2. The van der Waals surface area contributed by atoms with Crippen LogP contribution >= 0.6 is 0 Å².